The van der Waals surface area contributed by atoms with Crippen molar-refractivity contribution >= 4 is 11.9 Å². The van der Waals surface area contributed by atoms with E-state index in [1.807, 2.05) is 13.8 Å². The van der Waals surface area contributed by atoms with Crippen molar-refractivity contribution < 1.29 is 14.7 Å². The maximum atomic E-state index is 10.3. The Morgan fingerprint density at radius 3 is 1.82 bits per heavy atom. The molecule has 1 amide bonds. The van der Waals surface area contributed by atoms with Gasteiger partial charge in [-0.25, -0.2) is 0 Å². The molecule has 0 aliphatic rings. The molecule has 0 radical (unpaired) electrons. The number of nitrogens with one attached hydrogen (secondary N) is 1. The predicted molar refractivity (Wildman–Crippen MR) is 42.3 cm³/mol. The highest BCUT2D eigenvalue weighted by molar-refractivity contribution is 5.75. The lowest BCUT2D eigenvalue weighted by Crippen LogP contribution is -2.20. The average molecular weight is 161 g/mol. The summed E-state index contributed by atoms with van der Waals surface area (Å²) >= 11 is 0. The monoisotopic (exact) mass is 161 g/mol. The summed E-state index contributed by atoms with van der Waals surface area (Å²) in [6, 6.07) is 0. The van der Waals surface area contributed by atoms with E-state index >= 15 is 0 Å². The van der Waals surface area contributed by atoms with Gasteiger partial charge in [0.25, 0.3) is 5.97 Å². The minimum Gasteiger partial charge on any atom is -0.481 e. The van der Waals surface area contributed by atoms with Crippen LogP contribution in [0.4, 0.5) is 0 Å². The molecule has 0 fully saturated rings. The van der Waals surface area contributed by atoms with Gasteiger partial charge in [-0.2, -0.15) is 0 Å². The molecule has 11 heavy (non-hydrogen) atoms. The quantitative estimate of drug-likeness (QED) is 0.624. The number of amides is 1. The zero-order valence-electron chi connectivity index (χ0n) is 7.18. The zero-order chi connectivity index (χ0) is 9.28. The topological polar surface area (TPSA) is 66.4 Å². The van der Waals surface area contributed by atoms with Gasteiger partial charge in [-0.15, -0.1) is 0 Å². The maximum absolute atomic E-state index is 10.3. The molecule has 0 heterocycles. The van der Waals surface area contributed by atoms with Crippen LogP contribution in [0.5, 0.6) is 0 Å². The van der Waals surface area contributed by atoms with Crippen LogP contribution in [-0.2, 0) is 9.59 Å². The highest BCUT2D eigenvalue weighted by Crippen LogP contribution is 1.70. The average Bonchev–Trinajstić information content (AvgIpc) is 1.87. The zero-order valence-corrected chi connectivity index (χ0v) is 7.18. The van der Waals surface area contributed by atoms with Gasteiger partial charge in [0.15, 0.2) is 0 Å². The van der Waals surface area contributed by atoms with Crippen LogP contribution in [0.2, 0.25) is 0 Å². The third-order valence-electron chi connectivity index (χ3n) is 0.695. The van der Waals surface area contributed by atoms with Gasteiger partial charge in [-0.05, 0) is 6.92 Å². The highest BCUT2D eigenvalue weighted by atomic mass is 16.4. The Hall–Kier alpha value is -1.06. The van der Waals surface area contributed by atoms with Crippen LogP contribution in [-0.4, -0.2) is 23.5 Å². The Balaban J connectivity index is 0. The first-order chi connectivity index (χ1) is 5.04. The van der Waals surface area contributed by atoms with Crippen LogP contribution in [0.15, 0.2) is 0 Å². The molecule has 0 aliphatic heterocycles. The molecule has 0 aromatic rings. The number of carbonyl (C=O) groups excluding carboxylic acids is 1. The molecule has 0 aromatic carbocycles. The van der Waals surface area contributed by atoms with Gasteiger partial charge in [0.1, 0.15) is 0 Å². The van der Waals surface area contributed by atoms with Crippen molar-refractivity contribution in [2.75, 3.05) is 6.54 Å². The van der Waals surface area contributed by atoms with Crippen LogP contribution < -0.4 is 5.32 Å². The predicted octanol–water partition coefficient (Wildman–Crippen LogP) is 0.623. The standard InChI is InChI=1S/C5H11NO.C2H4O2/c1-3-5(7)6-4-2;1-2(3)4/h3-4H2,1-2H3,(H,6,7);1H3,(H,3,4). The van der Waals surface area contributed by atoms with Crippen LogP contribution in [0.1, 0.15) is 27.2 Å². The lowest BCUT2D eigenvalue weighted by molar-refractivity contribution is -0.134. The normalized spacial score (nSPS) is 7.55. The molecule has 0 atom stereocenters. The minimum absolute atomic E-state index is 0.127. The van der Waals surface area contributed by atoms with Crippen molar-refractivity contribution in [2.24, 2.45) is 0 Å². The Morgan fingerprint density at radius 1 is 1.36 bits per heavy atom. The number of hydrogen-bond donors (Lipinski definition) is 2. The first-order valence-corrected chi connectivity index (χ1v) is 3.50. The number of aliphatic carboxylic acids is 1. The van der Waals surface area contributed by atoms with Crippen LogP contribution in [0, 0.1) is 0 Å². The second-order valence-electron chi connectivity index (χ2n) is 1.83. The van der Waals surface area contributed by atoms with Gasteiger partial charge >= 0.3 is 0 Å². The van der Waals surface area contributed by atoms with Crippen LogP contribution >= 0.6 is 0 Å². The molecule has 4 nitrogen and oxygen atoms in total. The molecule has 66 valence electrons. The first-order valence-electron chi connectivity index (χ1n) is 3.50. The van der Waals surface area contributed by atoms with Crippen molar-refractivity contribution in [2.45, 2.75) is 27.2 Å². The van der Waals surface area contributed by atoms with Gasteiger partial charge in [0.2, 0.25) is 5.91 Å². The third-order valence-corrected chi connectivity index (χ3v) is 0.695. The molecular weight excluding hydrogens is 146 g/mol. The van der Waals surface area contributed by atoms with E-state index in [1.54, 1.807) is 0 Å². The van der Waals surface area contributed by atoms with Crippen molar-refractivity contribution in [1.29, 1.82) is 0 Å². The summed E-state index contributed by atoms with van der Waals surface area (Å²) in [7, 11) is 0. The van der Waals surface area contributed by atoms with Crippen molar-refractivity contribution in [1.82, 2.24) is 5.32 Å². The Morgan fingerprint density at radius 2 is 1.73 bits per heavy atom. The van der Waals surface area contributed by atoms with Gasteiger partial charge in [0.05, 0.1) is 0 Å². The van der Waals surface area contributed by atoms with E-state index in [9.17, 15) is 4.79 Å². The molecule has 0 spiro atoms. The smallest absolute Gasteiger partial charge is 0.300 e. The van der Waals surface area contributed by atoms with E-state index in [4.69, 9.17) is 9.90 Å². The number of carboxylic acids is 1. The van der Waals surface area contributed by atoms with E-state index in [-0.39, 0.29) is 5.91 Å². The van der Waals surface area contributed by atoms with Gasteiger partial charge < -0.3 is 10.4 Å². The number of hydrogen-bond acceptors (Lipinski definition) is 2. The molecule has 2 N–H and O–H groups in total. The second kappa shape index (κ2) is 8.94. The fourth-order valence-corrected chi connectivity index (χ4v) is 0.322. The van der Waals surface area contributed by atoms with E-state index in [0.717, 1.165) is 13.5 Å². The summed E-state index contributed by atoms with van der Waals surface area (Å²) < 4.78 is 0. The number of carboxylic acid groups (broad SMARTS) is 1. The summed E-state index contributed by atoms with van der Waals surface area (Å²) in [5, 5.41) is 10.1. The first kappa shape index (κ1) is 12.6. The Bertz CT molecular complexity index is 119. The van der Waals surface area contributed by atoms with Gasteiger partial charge in [0, 0.05) is 19.9 Å². The molecule has 0 aromatic heterocycles. The summed E-state index contributed by atoms with van der Waals surface area (Å²) in [5.74, 6) is -0.706. The van der Waals surface area contributed by atoms with Gasteiger partial charge in [-0.3, -0.25) is 9.59 Å². The lowest BCUT2D eigenvalue weighted by atomic mass is 10.4. The number of rotatable bonds is 2. The molecule has 0 unspecified atom stereocenters. The molecule has 0 rings (SSSR count). The molecule has 0 saturated carbocycles. The van der Waals surface area contributed by atoms with E-state index in [2.05, 4.69) is 5.32 Å². The Labute approximate surface area is 66.6 Å². The SMILES string of the molecule is CC(=O)O.CCNC(=O)CC. The summed E-state index contributed by atoms with van der Waals surface area (Å²) in [5.41, 5.74) is 0. The molecule has 4 heteroatoms. The fraction of sp³-hybridized carbons (Fsp3) is 0.714. The minimum atomic E-state index is -0.833. The summed E-state index contributed by atoms with van der Waals surface area (Å²) in [6.45, 7) is 5.57. The Kier molecular flexibility index (Phi) is 10.2. The fourth-order valence-electron chi connectivity index (χ4n) is 0.322. The maximum Gasteiger partial charge on any atom is 0.300 e. The van der Waals surface area contributed by atoms with E-state index in [1.165, 1.54) is 0 Å². The van der Waals surface area contributed by atoms with E-state index < -0.39 is 5.97 Å². The molecular formula is C7H15NO3. The lowest BCUT2D eigenvalue weighted by Gasteiger charge is -1.93. The highest BCUT2D eigenvalue weighted by Gasteiger charge is 1.88. The van der Waals surface area contributed by atoms with Gasteiger partial charge in [-0.1, -0.05) is 6.92 Å². The summed E-state index contributed by atoms with van der Waals surface area (Å²) in [4.78, 5) is 19.3. The van der Waals surface area contributed by atoms with Crippen LogP contribution in [0.3, 0.4) is 0 Å². The molecule has 0 aliphatic carbocycles. The van der Waals surface area contributed by atoms with Crippen molar-refractivity contribution in [3.8, 4) is 0 Å². The van der Waals surface area contributed by atoms with Crippen molar-refractivity contribution in [3.05, 3.63) is 0 Å². The second-order valence-corrected chi connectivity index (χ2v) is 1.83. The van der Waals surface area contributed by atoms with E-state index in [0.29, 0.717) is 6.42 Å². The van der Waals surface area contributed by atoms with Crippen molar-refractivity contribution in [3.63, 3.8) is 0 Å². The number of carbonyl (C=O) groups is 2. The third kappa shape index (κ3) is 27.7. The molecule has 0 saturated heterocycles. The van der Waals surface area contributed by atoms with Crippen LogP contribution in [0.25, 0.3) is 0 Å². The molecule has 0 bridgehead atoms. The largest absolute Gasteiger partial charge is 0.481 e. The summed E-state index contributed by atoms with van der Waals surface area (Å²) in [6.07, 6.45) is 0.591.